The van der Waals surface area contributed by atoms with Crippen LogP contribution in [0, 0.1) is 13.8 Å². The van der Waals surface area contributed by atoms with E-state index in [1.54, 1.807) is 0 Å². The summed E-state index contributed by atoms with van der Waals surface area (Å²) in [4.78, 5) is 8.39. The highest BCUT2D eigenvalue weighted by atomic mass is 79.9. The molecular formula is C15H18BrN3O. The quantitative estimate of drug-likeness (QED) is 0.875. The molecule has 0 aliphatic heterocycles. The summed E-state index contributed by atoms with van der Waals surface area (Å²) in [6.07, 6.45) is 2.53. The van der Waals surface area contributed by atoms with Gasteiger partial charge in [0.15, 0.2) is 0 Å². The number of benzene rings is 1. The highest BCUT2D eigenvalue weighted by Gasteiger charge is 2.11. The van der Waals surface area contributed by atoms with Crippen molar-refractivity contribution in [3.8, 4) is 11.6 Å². The Bertz CT molecular complexity index is 602. The van der Waals surface area contributed by atoms with Crippen LogP contribution < -0.4 is 10.1 Å². The smallest absolute Gasteiger partial charge is 0.238 e. The molecule has 2 aromatic rings. The Morgan fingerprint density at radius 2 is 2.05 bits per heavy atom. The highest BCUT2D eigenvalue weighted by molar-refractivity contribution is 9.10. The van der Waals surface area contributed by atoms with E-state index in [0.717, 1.165) is 34.6 Å². The molecule has 0 aliphatic carbocycles. The zero-order valence-corrected chi connectivity index (χ0v) is 13.5. The van der Waals surface area contributed by atoms with E-state index in [9.17, 15) is 0 Å². The van der Waals surface area contributed by atoms with E-state index >= 15 is 0 Å². The van der Waals surface area contributed by atoms with E-state index in [0.29, 0.717) is 5.88 Å². The minimum atomic E-state index is 0.519. The maximum atomic E-state index is 5.88. The topological polar surface area (TPSA) is 47.0 Å². The molecule has 1 aromatic heterocycles. The van der Waals surface area contributed by atoms with Crippen molar-refractivity contribution in [2.24, 2.45) is 0 Å². The number of anilines is 1. The molecule has 1 N–H and O–H groups in total. The summed E-state index contributed by atoms with van der Waals surface area (Å²) in [6.45, 7) is 7.05. The number of nitrogens with zero attached hydrogens (tertiary/aromatic N) is 2. The number of hydrogen-bond donors (Lipinski definition) is 1. The number of aromatic nitrogens is 2. The van der Waals surface area contributed by atoms with Crippen molar-refractivity contribution in [1.29, 1.82) is 0 Å². The summed E-state index contributed by atoms with van der Waals surface area (Å²) in [5, 5.41) is 3.23. The van der Waals surface area contributed by atoms with Crippen LogP contribution in [0.3, 0.4) is 0 Å². The zero-order chi connectivity index (χ0) is 14.5. The molecular weight excluding hydrogens is 318 g/mol. The molecule has 1 aromatic carbocycles. The van der Waals surface area contributed by atoms with Gasteiger partial charge in [0.2, 0.25) is 5.88 Å². The van der Waals surface area contributed by atoms with Crippen LogP contribution in [0.5, 0.6) is 11.6 Å². The van der Waals surface area contributed by atoms with Crippen LogP contribution >= 0.6 is 15.9 Å². The summed E-state index contributed by atoms with van der Waals surface area (Å²) < 4.78 is 6.62. The van der Waals surface area contributed by atoms with Gasteiger partial charge in [-0.05, 0) is 47.8 Å². The molecule has 0 unspecified atom stereocenters. The largest absolute Gasteiger partial charge is 0.437 e. The van der Waals surface area contributed by atoms with E-state index in [1.165, 1.54) is 11.9 Å². The molecule has 0 spiro atoms. The Balaban J connectivity index is 2.24. The summed E-state index contributed by atoms with van der Waals surface area (Å²) in [6, 6.07) is 6.06. The lowest BCUT2D eigenvalue weighted by Gasteiger charge is -2.12. The van der Waals surface area contributed by atoms with Crippen molar-refractivity contribution in [2.45, 2.75) is 27.2 Å². The second kappa shape index (κ2) is 6.70. The second-order valence-corrected chi connectivity index (χ2v) is 5.43. The van der Waals surface area contributed by atoms with E-state index in [2.05, 4.69) is 51.1 Å². The summed E-state index contributed by atoms with van der Waals surface area (Å²) in [7, 11) is 0. The van der Waals surface area contributed by atoms with Crippen molar-refractivity contribution in [3.05, 3.63) is 40.1 Å². The van der Waals surface area contributed by atoms with Crippen LogP contribution in [0.4, 0.5) is 5.82 Å². The molecule has 0 saturated carbocycles. The number of rotatable bonds is 5. The van der Waals surface area contributed by atoms with Gasteiger partial charge in [0.05, 0.1) is 0 Å². The first-order valence-corrected chi connectivity index (χ1v) is 7.40. The normalized spacial score (nSPS) is 10.4. The first-order chi connectivity index (χ1) is 9.61. The Morgan fingerprint density at radius 3 is 2.75 bits per heavy atom. The number of halogens is 1. The number of ether oxygens (including phenoxy) is 1. The maximum absolute atomic E-state index is 5.88. The van der Waals surface area contributed by atoms with Crippen LogP contribution in [0.2, 0.25) is 0 Å². The molecule has 0 radical (unpaired) electrons. The SMILES string of the molecule is CCCNc1ncnc(Oc2ccc(C)cc2C)c1Br. The van der Waals surface area contributed by atoms with E-state index in [-0.39, 0.29) is 0 Å². The number of nitrogens with one attached hydrogen (secondary N) is 1. The third kappa shape index (κ3) is 3.48. The van der Waals surface area contributed by atoms with Gasteiger partial charge in [0.25, 0.3) is 0 Å². The second-order valence-electron chi connectivity index (χ2n) is 4.64. The minimum Gasteiger partial charge on any atom is -0.437 e. The molecule has 2 rings (SSSR count). The van der Waals surface area contributed by atoms with Gasteiger partial charge in [-0.1, -0.05) is 24.6 Å². The predicted molar refractivity (Wildman–Crippen MR) is 84.5 cm³/mol. The standard InChI is InChI=1S/C15H18BrN3O/c1-4-7-17-14-13(16)15(19-9-18-14)20-12-6-5-10(2)8-11(12)3/h5-6,8-9H,4,7H2,1-3H3,(H,17,18,19). The Labute approximate surface area is 127 Å². The van der Waals surface area contributed by atoms with Gasteiger partial charge in [0, 0.05) is 6.54 Å². The Kier molecular flexibility index (Phi) is 4.95. The van der Waals surface area contributed by atoms with Crippen molar-refractivity contribution < 1.29 is 4.74 Å². The van der Waals surface area contributed by atoms with Crippen molar-refractivity contribution in [3.63, 3.8) is 0 Å². The first-order valence-electron chi connectivity index (χ1n) is 6.61. The molecule has 0 saturated heterocycles. The highest BCUT2D eigenvalue weighted by Crippen LogP contribution is 2.33. The molecule has 0 aliphatic rings. The fourth-order valence-corrected chi connectivity index (χ4v) is 2.24. The van der Waals surface area contributed by atoms with Gasteiger partial charge in [-0.2, -0.15) is 0 Å². The molecule has 1 heterocycles. The molecule has 0 atom stereocenters. The van der Waals surface area contributed by atoms with Gasteiger partial charge in [0.1, 0.15) is 22.4 Å². The average molecular weight is 336 g/mol. The lowest BCUT2D eigenvalue weighted by atomic mass is 10.1. The lowest BCUT2D eigenvalue weighted by Crippen LogP contribution is -2.04. The van der Waals surface area contributed by atoms with Crippen LogP contribution in [-0.2, 0) is 0 Å². The van der Waals surface area contributed by atoms with Crippen molar-refractivity contribution >= 4 is 21.7 Å². The molecule has 0 fully saturated rings. The van der Waals surface area contributed by atoms with Crippen molar-refractivity contribution in [2.75, 3.05) is 11.9 Å². The van der Waals surface area contributed by atoms with Gasteiger partial charge < -0.3 is 10.1 Å². The van der Waals surface area contributed by atoms with E-state index in [1.807, 2.05) is 19.1 Å². The summed E-state index contributed by atoms with van der Waals surface area (Å²) >= 11 is 3.50. The third-order valence-corrected chi connectivity index (χ3v) is 3.55. The number of hydrogen-bond acceptors (Lipinski definition) is 4. The van der Waals surface area contributed by atoms with Gasteiger partial charge in [-0.25, -0.2) is 9.97 Å². The van der Waals surface area contributed by atoms with E-state index < -0.39 is 0 Å². The average Bonchev–Trinajstić information content (AvgIpc) is 2.42. The molecule has 106 valence electrons. The molecule has 0 bridgehead atoms. The van der Waals surface area contributed by atoms with Crippen LogP contribution in [-0.4, -0.2) is 16.5 Å². The summed E-state index contributed by atoms with van der Waals surface area (Å²) in [5.41, 5.74) is 2.29. The predicted octanol–water partition coefficient (Wildman–Crippen LogP) is 4.47. The first kappa shape index (κ1) is 14.8. The molecule has 0 amide bonds. The van der Waals surface area contributed by atoms with Gasteiger partial charge in [-0.3, -0.25) is 0 Å². The third-order valence-electron chi connectivity index (χ3n) is 2.84. The lowest BCUT2D eigenvalue weighted by molar-refractivity contribution is 0.455. The van der Waals surface area contributed by atoms with Gasteiger partial charge >= 0.3 is 0 Å². The molecule has 4 nitrogen and oxygen atoms in total. The summed E-state index contributed by atoms with van der Waals surface area (Å²) in [5.74, 6) is 2.07. The van der Waals surface area contributed by atoms with Crippen molar-refractivity contribution in [1.82, 2.24) is 9.97 Å². The zero-order valence-electron chi connectivity index (χ0n) is 11.9. The molecule has 20 heavy (non-hydrogen) atoms. The van der Waals surface area contributed by atoms with Crippen LogP contribution in [0.25, 0.3) is 0 Å². The van der Waals surface area contributed by atoms with Gasteiger partial charge in [-0.15, -0.1) is 0 Å². The Morgan fingerprint density at radius 1 is 1.25 bits per heavy atom. The number of aryl methyl sites for hydroxylation is 2. The Hall–Kier alpha value is -1.62. The minimum absolute atomic E-state index is 0.519. The van der Waals surface area contributed by atoms with E-state index in [4.69, 9.17) is 4.74 Å². The maximum Gasteiger partial charge on any atom is 0.238 e. The fraction of sp³-hybridized carbons (Fsp3) is 0.333. The van der Waals surface area contributed by atoms with Crippen LogP contribution in [0.15, 0.2) is 29.0 Å². The fourth-order valence-electron chi connectivity index (χ4n) is 1.81. The molecule has 5 heteroatoms. The van der Waals surface area contributed by atoms with Crippen LogP contribution in [0.1, 0.15) is 24.5 Å². The monoisotopic (exact) mass is 335 g/mol.